The van der Waals surface area contributed by atoms with Crippen LogP contribution in [0.5, 0.6) is 0 Å². The largest absolute Gasteiger partial charge is 0.0622 e. The van der Waals surface area contributed by atoms with Crippen molar-refractivity contribution < 1.29 is 0 Å². The van der Waals surface area contributed by atoms with Crippen molar-refractivity contribution in [3.63, 3.8) is 0 Å². The van der Waals surface area contributed by atoms with Crippen LogP contribution < -0.4 is 0 Å². The smallest absolute Gasteiger partial charge is 0.0329 e. The highest BCUT2D eigenvalue weighted by molar-refractivity contribution is 5.02. The lowest BCUT2D eigenvalue weighted by Crippen LogP contribution is -2.55. The van der Waals surface area contributed by atoms with Crippen molar-refractivity contribution in [2.75, 3.05) is 0 Å². The third kappa shape index (κ3) is 0.500. The molecule has 0 saturated heterocycles. The van der Waals surface area contributed by atoms with E-state index in [0.717, 1.165) is 29.6 Å². The zero-order valence-corrected chi connectivity index (χ0v) is 6.59. The quantitative estimate of drug-likeness (QED) is 0.465. The normalized spacial score (nSPS) is 63.7. The number of hydrogen-bond donors (Lipinski definition) is 0. The van der Waals surface area contributed by atoms with Gasteiger partial charge in [0.2, 0.25) is 0 Å². The number of fused-ring (bicyclic) bond motifs is 1. The summed E-state index contributed by atoms with van der Waals surface area (Å²) in [5.41, 5.74) is 0. The summed E-state index contributed by atoms with van der Waals surface area (Å²) in [7, 11) is 0. The molecular formula is C9H16. The van der Waals surface area contributed by atoms with Gasteiger partial charge in [0.25, 0.3) is 0 Å². The van der Waals surface area contributed by atoms with Crippen LogP contribution in [0, 0.1) is 29.6 Å². The molecule has 0 nitrogen and oxygen atoms in total. The summed E-state index contributed by atoms with van der Waals surface area (Å²) in [4.78, 5) is 0. The summed E-state index contributed by atoms with van der Waals surface area (Å²) in [5, 5.41) is 0. The minimum absolute atomic E-state index is 1.04. The Balaban J connectivity index is 2.02. The first kappa shape index (κ1) is 5.76. The van der Waals surface area contributed by atoms with Gasteiger partial charge >= 0.3 is 0 Å². The molecule has 9 heavy (non-hydrogen) atoms. The molecule has 0 aromatic heterocycles. The maximum Gasteiger partial charge on any atom is -0.0329 e. The van der Waals surface area contributed by atoms with Gasteiger partial charge in [0.15, 0.2) is 0 Å². The molecule has 0 aromatic rings. The van der Waals surface area contributed by atoms with Crippen molar-refractivity contribution in [3.8, 4) is 0 Å². The van der Waals surface area contributed by atoms with E-state index >= 15 is 0 Å². The molecule has 0 heteroatoms. The van der Waals surface area contributed by atoms with Crippen LogP contribution in [0.25, 0.3) is 0 Å². The van der Waals surface area contributed by atoms with Crippen molar-refractivity contribution in [1.29, 1.82) is 0 Å². The highest BCUT2D eigenvalue weighted by Crippen LogP contribution is 2.60. The first-order valence-electron chi connectivity index (χ1n) is 4.22. The molecule has 0 heterocycles. The number of rotatable bonds is 0. The number of hydrogen-bond acceptors (Lipinski definition) is 0. The first-order chi connectivity index (χ1) is 4.22. The van der Waals surface area contributed by atoms with Crippen LogP contribution in [0.15, 0.2) is 0 Å². The van der Waals surface area contributed by atoms with E-state index in [-0.39, 0.29) is 0 Å². The molecule has 5 unspecified atom stereocenters. The van der Waals surface area contributed by atoms with E-state index in [9.17, 15) is 0 Å². The van der Waals surface area contributed by atoms with Crippen molar-refractivity contribution in [2.24, 2.45) is 29.6 Å². The highest BCUT2D eigenvalue weighted by atomic mass is 14.6. The van der Waals surface area contributed by atoms with Gasteiger partial charge in [-0.3, -0.25) is 0 Å². The molecule has 2 saturated carbocycles. The van der Waals surface area contributed by atoms with Gasteiger partial charge in [-0.2, -0.15) is 0 Å². The van der Waals surface area contributed by atoms with Crippen LogP contribution in [0.1, 0.15) is 27.2 Å². The third-order valence-electron chi connectivity index (χ3n) is 3.91. The van der Waals surface area contributed by atoms with Gasteiger partial charge in [-0.05, 0) is 36.0 Å². The van der Waals surface area contributed by atoms with Gasteiger partial charge < -0.3 is 0 Å². The molecule has 2 rings (SSSR count). The molecule has 2 fully saturated rings. The predicted molar refractivity (Wildman–Crippen MR) is 39.1 cm³/mol. The van der Waals surface area contributed by atoms with Crippen LogP contribution >= 0.6 is 0 Å². The van der Waals surface area contributed by atoms with E-state index in [0.29, 0.717) is 0 Å². The second-order valence-corrected chi connectivity index (χ2v) is 4.17. The molecule has 0 radical (unpaired) electrons. The van der Waals surface area contributed by atoms with Crippen LogP contribution in [-0.2, 0) is 0 Å². The SMILES string of the molecule is CC1CC2C(C)C(C)C12. The van der Waals surface area contributed by atoms with Gasteiger partial charge in [0.1, 0.15) is 0 Å². The fraction of sp³-hybridized carbons (Fsp3) is 1.00. The Labute approximate surface area is 57.6 Å². The lowest BCUT2D eigenvalue weighted by molar-refractivity contribution is -0.129. The van der Waals surface area contributed by atoms with Crippen molar-refractivity contribution in [2.45, 2.75) is 27.2 Å². The molecule has 0 aromatic carbocycles. The highest BCUT2D eigenvalue weighted by Gasteiger charge is 2.54. The third-order valence-corrected chi connectivity index (χ3v) is 3.91. The maximum atomic E-state index is 2.42. The Hall–Kier alpha value is 0. The zero-order valence-electron chi connectivity index (χ0n) is 6.59. The van der Waals surface area contributed by atoms with Crippen molar-refractivity contribution >= 4 is 0 Å². The van der Waals surface area contributed by atoms with Gasteiger partial charge in [0, 0.05) is 0 Å². The van der Waals surface area contributed by atoms with E-state index in [2.05, 4.69) is 20.8 Å². The molecule has 0 bridgehead atoms. The van der Waals surface area contributed by atoms with Gasteiger partial charge in [-0.1, -0.05) is 20.8 Å². The van der Waals surface area contributed by atoms with Crippen molar-refractivity contribution in [3.05, 3.63) is 0 Å². The Kier molecular flexibility index (Phi) is 0.980. The second-order valence-electron chi connectivity index (χ2n) is 4.17. The zero-order chi connectivity index (χ0) is 6.59. The van der Waals surface area contributed by atoms with E-state index < -0.39 is 0 Å². The molecular weight excluding hydrogens is 108 g/mol. The molecule has 2 aliphatic rings. The lowest BCUT2D eigenvalue weighted by Gasteiger charge is -2.61. The molecule has 0 amide bonds. The maximum absolute atomic E-state index is 2.42. The summed E-state index contributed by atoms with van der Waals surface area (Å²) < 4.78 is 0. The summed E-state index contributed by atoms with van der Waals surface area (Å²) in [6.45, 7) is 7.24. The molecule has 5 atom stereocenters. The van der Waals surface area contributed by atoms with Crippen molar-refractivity contribution in [1.82, 2.24) is 0 Å². The molecule has 52 valence electrons. The van der Waals surface area contributed by atoms with E-state index in [1.807, 2.05) is 0 Å². The molecule has 0 spiro atoms. The molecule has 2 aliphatic carbocycles. The predicted octanol–water partition coefficient (Wildman–Crippen LogP) is 2.54. The van der Waals surface area contributed by atoms with E-state index in [1.54, 1.807) is 0 Å². The first-order valence-corrected chi connectivity index (χ1v) is 4.22. The fourth-order valence-corrected chi connectivity index (χ4v) is 3.04. The lowest BCUT2D eigenvalue weighted by atomic mass is 9.44. The Bertz CT molecular complexity index is 122. The minimum atomic E-state index is 1.04. The Morgan fingerprint density at radius 3 is 2.00 bits per heavy atom. The van der Waals surface area contributed by atoms with Crippen LogP contribution in [0.4, 0.5) is 0 Å². The summed E-state index contributed by atoms with van der Waals surface area (Å²) in [5.74, 6) is 5.40. The van der Waals surface area contributed by atoms with Gasteiger partial charge in [0.05, 0.1) is 0 Å². The topological polar surface area (TPSA) is 0 Å². The fourth-order valence-electron chi connectivity index (χ4n) is 3.04. The van der Waals surface area contributed by atoms with Crippen LogP contribution in [0.3, 0.4) is 0 Å². The van der Waals surface area contributed by atoms with E-state index in [4.69, 9.17) is 0 Å². The minimum Gasteiger partial charge on any atom is -0.0622 e. The Morgan fingerprint density at radius 1 is 1.00 bits per heavy atom. The molecule has 0 aliphatic heterocycles. The average molecular weight is 124 g/mol. The summed E-state index contributed by atoms with van der Waals surface area (Å²) >= 11 is 0. The molecule has 0 N–H and O–H groups in total. The summed E-state index contributed by atoms with van der Waals surface area (Å²) in [6.07, 6.45) is 1.52. The second kappa shape index (κ2) is 1.53. The standard InChI is InChI=1S/C9H16/c1-5-4-8-6(2)7(3)9(5)8/h5-9H,4H2,1-3H3. The van der Waals surface area contributed by atoms with Gasteiger partial charge in [-0.15, -0.1) is 0 Å². The average Bonchev–Trinajstić information content (AvgIpc) is 1.81. The van der Waals surface area contributed by atoms with Crippen LogP contribution in [0.2, 0.25) is 0 Å². The van der Waals surface area contributed by atoms with Gasteiger partial charge in [-0.25, -0.2) is 0 Å². The Morgan fingerprint density at radius 2 is 1.67 bits per heavy atom. The van der Waals surface area contributed by atoms with E-state index in [1.165, 1.54) is 6.42 Å². The monoisotopic (exact) mass is 124 g/mol. The summed E-state index contributed by atoms with van der Waals surface area (Å²) in [6, 6.07) is 0. The van der Waals surface area contributed by atoms with Crippen LogP contribution in [-0.4, -0.2) is 0 Å².